The lowest BCUT2D eigenvalue weighted by atomic mass is 9.85. The molecular weight excluding hydrogens is 264 g/mol. The summed E-state index contributed by atoms with van der Waals surface area (Å²) in [6, 6.07) is 9.16. The van der Waals surface area contributed by atoms with Crippen molar-refractivity contribution in [2.75, 3.05) is 19.6 Å². The molecule has 1 aromatic rings. The highest BCUT2D eigenvalue weighted by Crippen LogP contribution is 2.31. The summed E-state index contributed by atoms with van der Waals surface area (Å²) >= 11 is 0. The summed E-state index contributed by atoms with van der Waals surface area (Å²) in [5, 5.41) is 9.64. The quantitative estimate of drug-likeness (QED) is 0.894. The van der Waals surface area contributed by atoms with Crippen molar-refractivity contribution < 1.29 is 9.90 Å². The van der Waals surface area contributed by atoms with Crippen LogP contribution in [0.3, 0.4) is 0 Å². The van der Waals surface area contributed by atoms with Gasteiger partial charge in [0.25, 0.3) is 0 Å². The Balaban J connectivity index is 2.15. The Hall–Kier alpha value is -1.39. The number of carbonyl (C=O) groups is 1. The van der Waals surface area contributed by atoms with Crippen LogP contribution in [0.1, 0.15) is 38.7 Å². The number of rotatable bonds is 4. The van der Waals surface area contributed by atoms with Crippen LogP contribution >= 0.6 is 0 Å². The Labute approximate surface area is 126 Å². The van der Waals surface area contributed by atoms with E-state index in [1.807, 2.05) is 18.2 Å². The van der Waals surface area contributed by atoms with Crippen LogP contribution in [0.25, 0.3) is 0 Å². The van der Waals surface area contributed by atoms with Gasteiger partial charge >= 0.3 is 5.97 Å². The Bertz CT molecular complexity index is 487. The maximum Gasteiger partial charge on any atom is 0.329 e. The average molecular weight is 290 g/mol. The van der Waals surface area contributed by atoms with E-state index in [0.717, 1.165) is 25.9 Å². The van der Waals surface area contributed by atoms with Gasteiger partial charge in [-0.2, -0.15) is 0 Å². The lowest BCUT2D eigenvalue weighted by Crippen LogP contribution is -2.53. The van der Waals surface area contributed by atoms with E-state index < -0.39 is 11.5 Å². The number of benzene rings is 1. The zero-order valence-corrected chi connectivity index (χ0v) is 13.0. The highest BCUT2D eigenvalue weighted by atomic mass is 16.4. The van der Waals surface area contributed by atoms with E-state index in [9.17, 15) is 9.90 Å². The van der Waals surface area contributed by atoms with E-state index in [0.29, 0.717) is 17.5 Å². The smallest absolute Gasteiger partial charge is 0.329 e. The van der Waals surface area contributed by atoms with Gasteiger partial charge in [0.15, 0.2) is 5.54 Å². The van der Waals surface area contributed by atoms with E-state index >= 15 is 0 Å². The number of hydrogen-bond donors (Lipinski definition) is 2. The summed E-state index contributed by atoms with van der Waals surface area (Å²) in [6.07, 6.45) is 3.36. The molecule has 0 aliphatic carbocycles. The van der Waals surface area contributed by atoms with Gasteiger partial charge in [-0.15, -0.1) is 0 Å². The third-order valence-electron chi connectivity index (χ3n) is 4.58. The van der Waals surface area contributed by atoms with Crippen molar-refractivity contribution in [3.63, 3.8) is 0 Å². The van der Waals surface area contributed by atoms with Gasteiger partial charge in [0.05, 0.1) is 0 Å². The summed E-state index contributed by atoms with van der Waals surface area (Å²) < 4.78 is 0. The molecule has 1 atom stereocenters. The number of nitrogens with zero attached hydrogens (tertiary/aromatic N) is 1. The van der Waals surface area contributed by atoms with E-state index in [1.54, 1.807) is 12.1 Å². The van der Waals surface area contributed by atoms with Crippen LogP contribution in [0.4, 0.5) is 0 Å². The minimum absolute atomic E-state index is 0.335. The number of nitrogens with two attached hydrogens (primary N) is 1. The van der Waals surface area contributed by atoms with Crippen LogP contribution in [0.2, 0.25) is 0 Å². The zero-order chi connectivity index (χ0) is 15.5. The summed E-state index contributed by atoms with van der Waals surface area (Å²) in [6.45, 7) is 6.75. The molecule has 1 fully saturated rings. The number of carboxylic acids is 1. The fourth-order valence-corrected chi connectivity index (χ4v) is 3.01. The molecule has 0 saturated carbocycles. The van der Waals surface area contributed by atoms with Crippen LogP contribution in [0, 0.1) is 5.41 Å². The number of hydrogen-bond acceptors (Lipinski definition) is 3. The minimum Gasteiger partial charge on any atom is -0.480 e. The van der Waals surface area contributed by atoms with Gasteiger partial charge in [0.1, 0.15) is 0 Å². The molecule has 1 unspecified atom stereocenters. The van der Waals surface area contributed by atoms with Gasteiger partial charge < -0.3 is 15.7 Å². The first-order chi connectivity index (χ1) is 9.83. The lowest BCUT2D eigenvalue weighted by Gasteiger charge is -2.32. The molecule has 4 heteroatoms. The summed E-state index contributed by atoms with van der Waals surface area (Å²) in [4.78, 5) is 14.0. The van der Waals surface area contributed by atoms with Crippen LogP contribution in [-0.4, -0.2) is 35.6 Å². The first kappa shape index (κ1) is 16.0. The molecule has 1 aliphatic heterocycles. The first-order valence-electron chi connectivity index (χ1n) is 7.64. The second kappa shape index (κ2) is 6.16. The number of carboxylic acid groups (broad SMARTS) is 1. The minimum atomic E-state index is -1.34. The molecule has 1 aromatic carbocycles. The van der Waals surface area contributed by atoms with Crippen LogP contribution < -0.4 is 5.73 Å². The molecular formula is C17H26N2O2. The van der Waals surface area contributed by atoms with Gasteiger partial charge in [0.2, 0.25) is 0 Å². The van der Waals surface area contributed by atoms with Gasteiger partial charge in [-0.1, -0.05) is 44.2 Å². The first-order valence-corrected chi connectivity index (χ1v) is 7.64. The molecule has 3 N–H and O–H groups in total. The van der Waals surface area contributed by atoms with Crippen molar-refractivity contribution in [2.24, 2.45) is 11.1 Å². The second-order valence-electron chi connectivity index (χ2n) is 6.94. The normalized spacial score (nSPS) is 22.2. The van der Waals surface area contributed by atoms with Crippen molar-refractivity contribution in [3.8, 4) is 0 Å². The lowest BCUT2D eigenvalue weighted by molar-refractivity contribution is -0.144. The molecule has 2 rings (SSSR count). The zero-order valence-electron chi connectivity index (χ0n) is 13.0. The Morgan fingerprint density at radius 2 is 1.95 bits per heavy atom. The van der Waals surface area contributed by atoms with Crippen molar-refractivity contribution >= 4 is 5.97 Å². The Morgan fingerprint density at radius 3 is 2.57 bits per heavy atom. The van der Waals surface area contributed by atoms with Crippen LogP contribution in [-0.2, 0) is 10.3 Å². The topological polar surface area (TPSA) is 66.6 Å². The maximum atomic E-state index is 11.8. The molecule has 0 spiro atoms. The highest BCUT2D eigenvalue weighted by molar-refractivity contribution is 5.80. The third kappa shape index (κ3) is 3.83. The molecule has 1 aliphatic rings. The number of likely N-dealkylation sites (tertiary alicyclic amines) is 1. The fraction of sp³-hybridized carbons (Fsp3) is 0.588. The monoisotopic (exact) mass is 290 g/mol. The van der Waals surface area contributed by atoms with E-state index in [1.165, 1.54) is 6.42 Å². The second-order valence-corrected chi connectivity index (χ2v) is 6.94. The van der Waals surface area contributed by atoms with E-state index in [2.05, 4.69) is 18.7 Å². The fourth-order valence-electron chi connectivity index (χ4n) is 3.01. The molecule has 0 radical (unpaired) electrons. The predicted molar refractivity (Wildman–Crippen MR) is 84.0 cm³/mol. The maximum absolute atomic E-state index is 11.8. The summed E-state index contributed by atoms with van der Waals surface area (Å²) in [5.74, 6) is -0.961. The van der Waals surface area contributed by atoms with Crippen molar-refractivity contribution in [1.29, 1.82) is 0 Å². The largest absolute Gasteiger partial charge is 0.480 e. The van der Waals surface area contributed by atoms with Gasteiger partial charge in [-0.05, 0) is 43.3 Å². The molecule has 0 amide bonds. The Kier molecular flexibility index (Phi) is 4.69. The van der Waals surface area contributed by atoms with E-state index in [4.69, 9.17) is 5.73 Å². The highest BCUT2D eigenvalue weighted by Gasteiger charge is 2.38. The molecule has 116 valence electrons. The molecule has 4 nitrogen and oxygen atoms in total. The standard InChI is InChI=1S/C17H26N2O2/c1-16(2)9-6-11-19(12-10-16)13-17(18,15(20)21)14-7-4-3-5-8-14/h3-5,7-8H,6,9-13,18H2,1-2H3,(H,20,21). The van der Waals surface area contributed by atoms with Crippen molar-refractivity contribution in [3.05, 3.63) is 35.9 Å². The molecule has 0 bridgehead atoms. The van der Waals surface area contributed by atoms with Gasteiger partial charge in [-0.25, -0.2) is 4.79 Å². The average Bonchev–Trinajstić information content (AvgIpc) is 2.61. The van der Waals surface area contributed by atoms with Crippen molar-refractivity contribution in [2.45, 2.75) is 38.6 Å². The van der Waals surface area contributed by atoms with E-state index in [-0.39, 0.29) is 0 Å². The van der Waals surface area contributed by atoms with Crippen molar-refractivity contribution in [1.82, 2.24) is 4.90 Å². The number of aliphatic carboxylic acids is 1. The molecule has 0 aromatic heterocycles. The Morgan fingerprint density at radius 1 is 1.29 bits per heavy atom. The predicted octanol–water partition coefficient (Wildman–Crippen LogP) is 2.44. The van der Waals surface area contributed by atoms with Gasteiger partial charge in [0, 0.05) is 6.54 Å². The molecule has 21 heavy (non-hydrogen) atoms. The molecule has 1 saturated heterocycles. The third-order valence-corrected chi connectivity index (χ3v) is 4.58. The van der Waals surface area contributed by atoms with Gasteiger partial charge in [-0.3, -0.25) is 0 Å². The van der Waals surface area contributed by atoms with Crippen LogP contribution in [0.5, 0.6) is 0 Å². The molecule has 1 heterocycles. The summed E-state index contributed by atoms with van der Waals surface area (Å²) in [7, 11) is 0. The summed E-state index contributed by atoms with van der Waals surface area (Å²) in [5.41, 5.74) is 5.94. The SMILES string of the molecule is CC1(C)CCCN(CC(N)(C(=O)O)c2ccccc2)CC1. The van der Waals surface area contributed by atoms with Crippen LogP contribution in [0.15, 0.2) is 30.3 Å².